The molecule has 2 aromatic heterocycles. The Hall–Kier alpha value is -2.41. The van der Waals surface area contributed by atoms with E-state index < -0.39 is 5.97 Å². The van der Waals surface area contributed by atoms with Crippen LogP contribution in [-0.2, 0) is 6.42 Å². The Morgan fingerprint density at radius 1 is 1.03 bits per heavy atom. The molecule has 0 saturated heterocycles. The molecule has 0 aliphatic carbocycles. The maximum absolute atomic E-state index is 13.3. The van der Waals surface area contributed by atoms with Gasteiger partial charge in [-0.2, -0.15) is 0 Å². The number of pyridine rings is 1. The van der Waals surface area contributed by atoms with Crippen LogP contribution in [0.1, 0.15) is 73.5 Å². The molecule has 2 aromatic rings. The van der Waals surface area contributed by atoms with E-state index in [2.05, 4.69) is 37.6 Å². The molecule has 2 heterocycles. The summed E-state index contributed by atoms with van der Waals surface area (Å²) in [6, 6.07) is 3.46. The number of amides is 1. The van der Waals surface area contributed by atoms with Crippen molar-refractivity contribution in [3.8, 4) is 0 Å². The zero-order valence-electron chi connectivity index (χ0n) is 19.9. The highest BCUT2D eigenvalue weighted by molar-refractivity contribution is 5.94. The predicted octanol–water partition coefficient (Wildman–Crippen LogP) is 2.73. The molecule has 0 aliphatic heterocycles. The van der Waals surface area contributed by atoms with E-state index in [-0.39, 0.29) is 11.6 Å². The number of carbonyl (C=O) groups is 2. The van der Waals surface area contributed by atoms with Gasteiger partial charge in [-0.05, 0) is 70.3 Å². The Kier molecular flexibility index (Phi) is 9.04. The normalized spacial score (nSPS) is 11.8. The second kappa shape index (κ2) is 11.3. The molecule has 0 unspecified atom stereocenters. The molecule has 0 aromatic carbocycles. The number of aromatic carboxylic acids is 1. The topological polar surface area (TPSA) is 81.0 Å². The third kappa shape index (κ3) is 7.06. The van der Waals surface area contributed by atoms with Crippen LogP contribution in [0.15, 0.2) is 18.3 Å². The van der Waals surface area contributed by atoms with Crippen molar-refractivity contribution in [1.29, 1.82) is 0 Å². The molecule has 2 rings (SSSR count). The molecule has 0 spiro atoms. The number of carbonyl (C=O) groups excluding carboxylic acids is 2. The zero-order chi connectivity index (χ0) is 23.1. The smallest absolute Gasteiger partial charge is 0.255 e. The maximum atomic E-state index is 13.3. The van der Waals surface area contributed by atoms with Crippen molar-refractivity contribution in [3.63, 3.8) is 0 Å². The van der Waals surface area contributed by atoms with Crippen LogP contribution in [0, 0.1) is 11.8 Å². The maximum Gasteiger partial charge on any atom is 0.255 e. The predicted molar refractivity (Wildman–Crippen MR) is 121 cm³/mol. The first kappa shape index (κ1) is 24.9. The fourth-order valence-electron chi connectivity index (χ4n) is 3.51. The minimum absolute atomic E-state index is 0.0221. The average molecular weight is 430 g/mol. The van der Waals surface area contributed by atoms with Crippen LogP contribution in [0.25, 0.3) is 5.65 Å². The molecule has 0 aliphatic rings. The van der Waals surface area contributed by atoms with Crippen molar-refractivity contribution in [2.24, 2.45) is 11.8 Å². The van der Waals surface area contributed by atoms with Crippen molar-refractivity contribution in [1.82, 2.24) is 19.2 Å². The number of hydrogen-bond donors (Lipinski definition) is 0. The van der Waals surface area contributed by atoms with Gasteiger partial charge < -0.3 is 24.1 Å². The van der Waals surface area contributed by atoms with Gasteiger partial charge in [0.25, 0.3) is 5.91 Å². The molecule has 31 heavy (non-hydrogen) atoms. The number of hydrogen-bond acceptors (Lipinski definition) is 5. The van der Waals surface area contributed by atoms with Gasteiger partial charge in [-0.25, -0.2) is 4.98 Å². The van der Waals surface area contributed by atoms with Crippen molar-refractivity contribution in [2.75, 3.05) is 33.7 Å². The molecule has 1 amide bonds. The first-order valence-corrected chi connectivity index (χ1v) is 11.3. The molecule has 0 saturated carbocycles. The average Bonchev–Trinajstić information content (AvgIpc) is 3.05. The minimum atomic E-state index is -1.29. The number of carboxylic acids is 1. The number of nitrogens with zero attached hydrogens (tertiary/aromatic N) is 4. The van der Waals surface area contributed by atoms with E-state index in [1.54, 1.807) is 22.7 Å². The minimum Gasteiger partial charge on any atom is -0.543 e. The summed E-state index contributed by atoms with van der Waals surface area (Å²) >= 11 is 0. The first-order valence-electron chi connectivity index (χ1n) is 11.3. The van der Waals surface area contributed by atoms with Crippen molar-refractivity contribution < 1.29 is 14.7 Å². The number of imidazole rings is 1. The Labute approximate surface area is 186 Å². The van der Waals surface area contributed by atoms with Crippen molar-refractivity contribution >= 4 is 17.5 Å². The van der Waals surface area contributed by atoms with E-state index >= 15 is 0 Å². The summed E-state index contributed by atoms with van der Waals surface area (Å²) in [5.74, 6) is -0.281. The molecule has 0 atom stereocenters. The van der Waals surface area contributed by atoms with Gasteiger partial charge in [0.2, 0.25) is 0 Å². The molecule has 7 nitrogen and oxygen atoms in total. The highest BCUT2D eigenvalue weighted by Crippen LogP contribution is 2.18. The molecule has 7 heteroatoms. The number of rotatable bonds is 12. The number of carboxylic acid groups (broad SMARTS) is 1. The lowest BCUT2D eigenvalue weighted by molar-refractivity contribution is -0.255. The highest BCUT2D eigenvalue weighted by atomic mass is 16.4. The van der Waals surface area contributed by atoms with Gasteiger partial charge in [-0.3, -0.25) is 4.79 Å². The molecule has 0 bridgehead atoms. The quantitative estimate of drug-likeness (QED) is 0.518. The third-order valence-corrected chi connectivity index (χ3v) is 5.42. The Bertz CT molecular complexity index is 874. The summed E-state index contributed by atoms with van der Waals surface area (Å²) in [5, 5.41) is 11.6. The summed E-state index contributed by atoms with van der Waals surface area (Å²) in [6.45, 7) is 10.9. The van der Waals surface area contributed by atoms with E-state index in [4.69, 9.17) is 0 Å². The van der Waals surface area contributed by atoms with Crippen LogP contribution in [-0.4, -0.2) is 64.8 Å². The molecule has 0 radical (unpaired) electrons. The van der Waals surface area contributed by atoms with E-state index in [1.165, 1.54) is 0 Å². The van der Waals surface area contributed by atoms with Gasteiger partial charge in [0.1, 0.15) is 11.3 Å². The third-order valence-electron chi connectivity index (χ3n) is 5.42. The molecule has 0 fully saturated rings. The number of fused-ring (bicyclic) bond motifs is 1. The fraction of sp³-hybridized carbons (Fsp3) is 0.625. The monoisotopic (exact) mass is 429 g/mol. The van der Waals surface area contributed by atoms with Crippen molar-refractivity contribution in [2.45, 2.75) is 53.4 Å². The van der Waals surface area contributed by atoms with Crippen LogP contribution in [0.2, 0.25) is 0 Å². The molecular formula is C24H37N4O3-. The fourth-order valence-corrected chi connectivity index (χ4v) is 3.51. The van der Waals surface area contributed by atoms with E-state index in [9.17, 15) is 14.7 Å². The highest BCUT2D eigenvalue weighted by Gasteiger charge is 2.19. The van der Waals surface area contributed by atoms with Gasteiger partial charge in [-0.15, -0.1) is 0 Å². The zero-order valence-corrected chi connectivity index (χ0v) is 19.9. The van der Waals surface area contributed by atoms with Crippen LogP contribution < -0.4 is 5.11 Å². The van der Waals surface area contributed by atoms with Gasteiger partial charge in [0.05, 0.1) is 17.2 Å². The lowest BCUT2D eigenvalue weighted by Crippen LogP contribution is -2.34. The van der Waals surface area contributed by atoms with Gasteiger partial charge in [0.15, 0.2) is 0 Å². The SMILES string of the molecule is CC(C)CCN(CCC(C)C)C(=O)c1ccc2nc(C(=O)[O-])c(CCCN(C)C)n2c1. The van der Waals surface area contributed by atoms with E-state index in [0.29, 0.717) is 48.3 Å². The second-order valence-corrected chi connectivity index (χ2v) is 9.40. The summed E-state index contributed by atoms with van der Waals surface area (Å²) in [4.78, 5) is 33.2. The van der Waals surface area contributed by atoms with Crippen molar-refractivity contribution in [3.05, 3.63) is 35.3 Å². The second-order valence-electron chi connectivity index (χ2n) is 9.40. The standard InChI is InChI=1S/C24H38N4O3/c1-17(2)11-14-27(15-12-18(3)4)23(29)19-9-10-21-25-22(24(30)31)20(28(21)16-19)8-7-13-26(5)6/h9-10,16-18H,7-8,11-15H2,1-6H3,(H,30,31)/p-1. The van der Waals surface area contributed by atoms with Crippen LogP contribution in [0.3, 0.4) is 0 Å². The molecule has 172 valence electrons. The lowest BCUT2D eigenvalue weighted by Gasteiger charge is -2.24. The lowest BCUT2D eigenvalue weighted by atomic mass is 10.1. The van der Waals surface area contributed by atoms with E-state index in [0.717, 1.165) is 25.8 Å². The summed E-state index contributed by atoms with van der Waals surface area (Å²) in [6.07, 6.45) is 4.96. The summed E-state index contributed by atoms with van der Waals surface area (Å²) < 4.78 is 1.75. The van der Waals surface area contributed by atoms with Gasteiger partial charge in [0, 0.05) is 19.3 Å². The van der Waals surface area contributed by atoms with Gasteiger partial charge in [-0.1, -0.05) is 27.7 Å². The Balaban J connectivity index is 2.36. The summed E-state index contributed by atoms with van der Waals surface area (Å²) in [5.41, 5.74) is 1.62. The van der Waals surface area contributed by atoms with Crippen LogP contribution in [0.4, 0.5) is 0 Å². The summed E-state index contributed by atoms with van der Waals surface area (Å²) in [7, 11) is 3.96. The molecular weight excluding hydrogens is 392 g/mol. The number of aromatic nitrogens is 2. The van der Waals surface area contributed by atoms with Crippen LogP contribution in [0.5, 0.6) is 0 Å². The first-order chi connectivity index (χ1) is 14.6. The molecule has 0 N–H and O–H groups in total. The largest absolute Gasteiger partial charge is 0.543 e. The number of aryl methyl sites for hydroxylation is 1. The Morgan fingerprint density at radius 3 is 2.16 bits per heavy atom. The van der Waals surface area contributed by atoms with Gasteiger partial charge >= 0.3 is 0 Å². The van der Waals surface area contributed by atoms with Crippen LogP contribution >= 0.6 is 0 Å². The van der Waals surface area contributed by atoms with E-state index in [1.807, 2.05) is 19.0 Å². The Morgan fingerprint density at radius 2 is 1.65 bits per heavy atom.